The van der Waals surface area contributed by atoms with Crippen LogP contribution < -0.4 is 10.0 Å². The molecule has 2 aliphatic rings. The molecular weight excluding hydrogens is 356 g/mol. The summed E-state index contributed by atoms with van der Waals surface area (Å²) >= 11 is 0. The molecule has 142 valence electrons. The van der Waals surface area contributed by atoms with Gasteiger partial charge in [0, 0.05) is 17.9 Å². The number of carbonyl (C=O) groups excluding carboxylic acids is 2. The first-order valence-corrected chi connectivity index (χ1v) is 10.6. The Morgan fingerprint density at radius 2 is 1.81 bits per heavy atom. The van der Waals surface area contributed by atoms with Crippen LogP contribution in [-0.2, 0) is 19.6 Å². The van der Waals surface area contributed by atoms with Crippen molar-refractivity contribution in [1.82, 2.24) is 4.72 Å². The van der Waals surface area contributed by atoms with Gasteiger partial charge in [-0.25, -0.2) is 13.1 Å². The van der Waals surface area contributed by atoms with Gasteiger partial charge in [0.15, 0.2) is 0 Å². The van der Waals surface area contributed by atoms with Crippen molar-refractivity contribution in [1.29, 1.82) is 0 Å². The topological polar surface area (TPSA) is 102 Å². The number of rotatable bonds is 5. The average Bonchev–Trinajstić information content (AvgIpc) is 3.17. The summed E-state index contributed by atoms with van der Waals surface area (Å²) in [5.74, 6) is -0.932. The number of hydrogen-bond acceptors (Lipinski definition) is 5. The number of sulfonamides is 1. The lowest BCUT2D eigenvalue weighted by atomic mass is 10.0. The van der Waals surface area contributed by atoms with Crippen molar-refractivity contribution < 1.29 is 22.7 Å². The van der Waals surface area contributed by atoms with Crippen molar-refractivity contribution in [3.05, 3.63) is 29.8 Å². The Balaban J connectivity index is 1.65. The number of nitrogens with one attached hydrogen (secondary N) is 2. The predicted octanol–water partition coefficient (Wildman–Crippen LogP) is 2.20. The van der Waals surface area contributed by atoms with E-state index in [1.807, 2.05) is 0 Å². The third-order valence-electron chi connectivity index (χ3n) is 4.84. The first kappa shape index (κ1) is 18.8. The molecular formula is C18H24N2O5S. The lowest BCUT2D eigenvalue weighted by Crippen LogP contribution is -2.39. The van der Waals surface area contributed by atoms with Crippen LogP contribution in [0.15, 0.2) is 24.3 Å². The Bertz CT molecular complexity index is 766. The van der Waals surface area contributed by atoms with Crippen LogP contribution in [0.4, 0.5) is 5.69 Å². The van der Waals surface area contributed by atoms with Crippen molar-refractivity contribution in [2.24, 2.45) is 0 Å². The Hall–Kier alpha value is -1.93. The van der Waals surface area contributed by atoms with Crippen molar-refractivity contribution in [2.75, 3.05) is 11.9 Å². The normalized spacial score (nSPS) is 21.3. The van der Waals surface area contributed by atoms with Gasteiger partial charge in [-0.2, -0.15) is 0 Å². The predicted molar refractivity (Wildman–Crippen MR) is 97.3 cm³/mol. The fraction of sp³-hybridized carbons (Fsp3) is 0.556. The van der Waals surface area contributed by atoms with Gasteiger partial charge in [0.05, 0.1) is 5.25 Å². The van der Waals surface area contributed by atoms with Crippen molar-refractivity contribution in [2.45, 2.75) is 56.3 Å². The number of ether oxygens (including phenoxy) is 1. The van der Waals surface area contributed by atoms with Crippen molar-refractivity contribution in [3.63, 3.8) is 0 Å². The van der Waals surface area contributed by atoms with Crippen LogP contribution in [0.25, 0.3) is 0 Å². The van der Waals surface area contributed by atoms with Crippen LogP contribution in [0.5, 0.6) is 0 Å². The smallest absolute Gasteiger partial charge is 0.264 e. The summed E-state index contributed by atoms with van der Waals surface area (Å²) in [5.41, 5.74) is 0.628. The highest BCUT2D eigenvalue weighted by molar-refractivity contribution is 7.90. The van der Waals surface area contributed by atoms with E-state index in [4.69, 9.17) is 4.74 Å². The molecule has 1 heterocycles. The third kappa shape index (κ3) is 4.62. The summed E-state index contributed by atoms with van der Waals surface area (Å²) in [6.45, 7) is 0.569. The molecule has 0 bridgehead atoms. The molecule has 2 amide bonds. The van der Waals surface area contributed by atoms with Crippen molar-refractivity contribution in [3.8, 4) is 0 Å². The van der Waals surface area contributed by atoms with E-state index in [-0.39, 0.29) is 11.5 Å². The first-order valence-electron chi connectivity index (χ1n) is 9.04. The molecule has 1 aliphatic carbocycles. The van der Waals surface area contributed by atoms with E-state index in [0.717, 1.165) is 25.7 Å². The highest BCUT2D eigenvalue weighted by Gasteiger charge is 2.29. The van der Waals surface area contributed by atoms with E-state index < -0.39 is 27.3 Å². The van der Waals surface area contributed by atoms with Gasteiger partial charge < -0.3 is 10.1 Å². The quantitative estimate of drug-likeness (QED) is 0.815. The molecule has 2 fully saturated rings. The highest BCUT2D eigenvalue weighted by atomic mass is 32.2. The van der Waals surface area contributed by atoms with E-state index in [1.165, 1.54) is 12.1 Å². The van der Waals surface area contributed by atoms with Gasteiger partial charge in [-0.05, 0) is 43.9 Å². The molecule has 0 aromatic heterocycles. The fourth-order valence-electron chi connectivity index (χ4n) is 3.39. The minimum atomic E-state index is -3.69. The zero-order valence-corrected chi connectivity index (χ0v) is 15.4. The Morgan fingerprint density at radius 1 is 1.04 bits per heavy atom. The maximum atomic E-state index is 12.4. The molecule has 0 radical (unpaired) electrons. The standard InChI is InChI=1S/C18H24N2O5S/c21-17(20-26(23,24)15-8-2-1-3-9-15)13-6-4-7-14(12-13)19-18(22)16-10-5-11-25-16/h4,6-7,12,15-16H,1-3,5,8-11H2,(H,19,22)(H,20,21). The largest absolute Gasteiger partial charge is 0.368 e. The fourth-order valence-corrected chi connectivity index (χ4v) is 4.89. The summed E-state index contributed by atoms with van der Waals surface area (Å²) in [5, 5.41) is 2.20. The molecule has 1 saturated heterocycles. The monoisotopic (exact) mass is 380 g/mol. The Morgan fingerprint density at radius 3 is 2.50 bits per heavy atom. The summed E-state index contributed by atoms with van der Waals surface area (Å²) in [6, 6.07) is 6.25. The molecule has 0 spiro atoms. The SMILES string of the molecule is O=C(NS(=O)(=O)C1CCCCC1)c1cccc(NC(=O)C2CCCO2)c1. The molecule has 3 rings (SSSR count). The molecule has 7 nitrogen and oxygen atoms in total. The average molecular weight is 380 g/mol. The van der Waals surface area contributed by atoms with Gasteiger partial charge in [-0.3, -0.25) is 9.59 Å². The Labute approximate surface area is 153 Å². The molecule has 1 unspecified atom stereocenters. The number of carbonyl (C=O) groups is 2. The Kier molecular flexibility index (Phi) is 5.93. The number of benzene rings is 1. The maximum absolute atomic E-state index is 12.4. The summed E-state index contributed by atoms with van der Waals surface area (Å²) < 4.78 is 32.3. The zero-order valence-electron chi connectivity index (χ0n) is 14.6. The summed E-state index contributed by atoms with van der Waals surface area (Å²) in [7, 11) is -3.69. The van der Waals surface area contributed by atoms with E-state index in [0.29, 0.717) is 31.6 Å². The molecule has 8 heteroatoms. The van der Waals surface area contributed by atoms with E-state index in [2.05, 4.69) is 10.0 Å². The molecule has 1 aromatic carbocycles. The van der Waals surface area contributed by atoms with Crippen LogP contribution in [0.3, 0.4) is 0 Å². The maximum Gasteiger partial charge on any atom is 0.264 e. The molecule has 26 heavy (non-hydrogen) atoms. The summed E-state index contributed by atoms with van der Waals surface area (Å²) in [6.07, 6.45) is 4.98. The van der Waals surface area contributed by atoms with Gasteiger partial charge in [0.2, 0.25) is 10.0 Å². The van der Waals surface area contributed by atoms with Gasteiger partial charge in [-0.1, -0.05) is 25.3 Å². The molecule has 1 atom stereocenters. The second-order valence-corrected chi connectivity index (χ2v) is 8.77. The minimum absolute atomic E-state index is 0.189. The van der Waals surface area contributed by atoms with Crippen LogP contribution in [-0.4, -0.2) is 38.2 Å². The van der Waals surface area contributed by atoms with Gasteiger partial charge >= 0.3 is 0 Å². The van der Waals surface area contributed by atoms with Gasteiger partial charge in [0.25, 0.3) is 11.8 Å². The van der Waals surface area contributed by atoms with Crippen LogP contribution in [0.2, 0.25) is 0 Å². The van der Waals surface area contributed by atoms with E-state index in [1.54, 1.807) is 12.1 Å². The second kappa shape index (κ2) is 8.18. The molecule has 1 saturated carbocycles. The van der Waals surface area contributed by atoms with Gasteiger partial charge in [0.1, 0.15) is 6.10 Å². The highest BCUT2D eigenvalue weighted by Crippen LogP contribution is 2.23. The van der Waals surface area contributed by atoms with Crippen molar-refractivity contribution >= 4 is 27.5 Å². The van der Waals surface area contributed by atoms with Crippen LogP contribution in [0.1, 0.15) is 55.3 Å². The second-order valence-electron chi connectivity index (χ2n) is 6.81. The summed E-state index contributed by atoms with van der Waals surface area (Å²) in [4.78, 5) is 24.5. The minimum Gasteiger partial charge on any atom is -0.368 e. The van der Waals surface area contributed by atoms with Crippen LogP contribution in [0, 0.1) is 0 Å². The van der Waals surface area contributed by atoms with E-state index >= 15 is 0 Å². The zero-order chi connectivity index (χ0) is 18.6. The third-order valence-corrected chi connectivity index (χ3v) is 6.66. The number of amides is 2. The molecule has 2 N–H and O–H groups in total. The number of hydrogen-bond donors (Lipinski definition) is 2. The number of anilines is 1. The van der Waals surface area contributed by atoms with Crippen LogP contribution >= 0.6 is 0 Å². The molecule has 1 aromatic rings. The van der Waals surface area contributed by atoms with E-state index in [9.17, 15) is 18.0 Å². The molecule has 1 aliphatic heterocycles. The lowest BCUT2D eigenvalue weighted by molar-refractivity contribution is -0.124. The lowest BCUT2D eigenvalue weighted by Gasteiger charge is -2.21. The first-order chi connectivity index (χ1) is 12.5. The van der Waals surface area contributed by atoms with Gasteiger partial charge in [-0.15, -0.1) is 0 Å².